The molecule has 1 unspecified atom stereocenters. The van der Waals surface area contributed by atoms with Gasteiger partial charge < -0.3 is 15.6 Å². The normalized spacial score (nSPS) is 12.3. The number of hydrogen-bond acceptors (Lipinski definition) is 6. The summed E-state index contributed by atoms with van der Waals surface area (Å²) in [4.78, 5) is 1.04. The summed E-state index contributed by atoms with van der Waals surface area (Å²) in [6.45, 7) is 4.98. The van der Waals surface area contributed by atoms with Crippen molar-refractivity contribution in [3.63, 3.8) is 0 Å². The van der Waals surface area contributed by atoms with Crippen molar-refractivity contribution in [3.05, 3.63) is 102 Å². The predicted octanol–water partition coefficient (Wildman–Crippen LogP) is 9.98. The van der Waals surface area contributed by atoms with Crippen molar-refractivity contribution in [1.29, 1.82) is 0 Å². The van der Waals surface area contributed by atoms with Gasteiger partial charge in [0, 0.05) is 15.4 Å². The van der Waals surface area contributed by atoms with Gasteiger partial charge in [0.1, 0.15) is 16.4 Å². The average molecular weight is 662 g/mol. The van der Waals surface area contributed by atoms with Crippen molar-refractivity contribution in [1.82, 2.24) is 0 Å². The van der Waals surface area contributed by atoms with Crippen molar-refractivity contribution in [2.75, 3.05) is 6.61 Å². The van der Waals surface area contributed by atoms with Gasteiger partial charge >= 0.3 is 0 Å². The number of phenols is 1. The maximum absolute atomic E-state index is 12.6. The second kappa shape index (κ2) is 17.6. The highest BCUT2D eigenvalue weighted by Gasteiger charge is 2.22. The number of phenolic OH excluding ortho intramolecular Hbond substituents is 1. The number of hydrogen-bond donors (Lipinski definition) is 3. The minimum Gasteiger partial charge on any atom is -0.508 e. The van der Waals surface area contributed by atoms with E-state index in [0.29, 0.717) is 22.6 Å². The van der Waals surface area contributed by atoms with Crippen LogP contribution in [0.4, 0.5) is 0 Å². The SMILES string of the molecule is CCCCCCCCCc1ccc(O)c(C(N)c2ccccc2-c2ccc(Sc3ccc(OCCCC)cc3)c(S(=O)(=O)O)c2)c1. The van der Waals surface area contributed by atoms with Crippen LogP contribution in [0.1, 0.15) is 94.4 Å². The van der Waals surface area contributed by atoms with Gasteiger partial charge in [-0.25, -0.2) is 0 Å². The van der Waals surface area contributed by atoms with E-state index in [-0.39, 0.29) is 10.6 Å². The quantitative estimate of drug-likeness (QED) is 0.0719. The summed E-state index contributed by atoms with van der Waals surface area (Å²) in [6.07, 6.45) is 11.6. The molecule has 0 bridgehead atoms. The Morgan fingerprint density at radius 2 is 1.48 bits per heavy atom. The molecule has 46 heavy (non-hydrogen) atoms. The molecule has 4 aromatic carbocycles. The molecule has 1 atom stereocenters. The molecule has 0 fully saturated rings. The number of ether oxygens (including phenoxy) is 1. The van der Waals surface area contributed by atoms with Gasteiger partial charge in [0.2, 0.25) is 0 Å². The van der Waals surface area contributed by atoms with Crippen LogP contribution in [-0.2, 0) is 16.5 Å². The predicted molar refractivity (Wildman–Crippen MR) is 188 cm³/mol. The molecule has 0 spiro atoms. The number of nitrogens with two attached hydrogens (primary N) is 1. The van der Waals surface area contributed by atoms with Crippen LogP contribution in [0, 0.1) is 0 Å². The van der Waals surface area contributed by atoms with Crippen molar-refractivity contribution in [3.8, 4) is 22.6 Å². The van der Waals surface area contributed by atoms with Gasteiger partial charge in [0.05, 0.1) is 12.6 Å². The molecule has 4 aromatic rings. The van der Waals surface area contributed by atoms with E-state index in [1.807, 2.05) is 66.7 Å². The van der Waals surface area contributed by atoms with Crippen LogP contribution in [0.2, 0.25) is 0 Å². The molecule has 0 radical (unpaired) electrons. The van der Waals surface area contributed by atoms with Crippen molar-refractivity contribution in [2.45, 2.75) is 98.8 Å². The molecule has 0 aliphatic carbocycles. The van der Waals surface area contributed by atoms with Crippen LogP contribution in [0.25, 0.3) is 11.1 Å². The van der Waals surface area contributed by atoms with Crippen LogP contribution in [0.5, 0.6) is 11.5 Å². The zero-order chi connectivity index (χ0) is 32.9. The Balaban J connectivity index is 1.55. The lowest BCUT2D eigenvalue weighted by Gasteiger charge is -2.20. The highest BCUT2D eigenvalue weighted by atomic mass is 32.2. The monoisotopic (exact) mass is 661 g/mol. The zero-order valence-electron chi connectivity index (χ0n) is 27.0. The molecule has 8 heteroatoms. The number of rotatable bonds is 18. The standard InChI is InChI=1S/C38H47NO5S2/c1-3-5-7-8-9-10-11-14-28-17-23-35(40)34(26-28)38(39)33-16-13-12-15-32(33)29-18-24-36(37(27-29)46(41,42)43)45-31-21-19-30(20-22-31)44-25-6-4-2/h12-13,15-24,26-27,38,40H,3-11,14,25,39H2,1-2H3,(H,41,42,43). The van der Waals surface area contributed by atoms with Gasteiger partial charge in [-0.15, -0.1) is 0 Å². The minimum absolute atomic E-state index is 0.123. The van der Waals surface area contributed by atoms with Crippen molar-refractivity contribution < 1.29 is 22.8 Å². The van der Waals surface area contributed by atoms with Gasteiger partial charge in [0.15, 0.2) is 0 Å². The van der Waals surface area contributed by atoms with E-state index in [1.54, 1.807) is 12.1 Å². The molecule has 4 N–H and O–H groups in total. The van der Waals surface area contributed by atoms with Gasteiger partial charge in [-0.1, -0.05) is 113 Å². The fourth-order valence-corrected chi connectivity index (χ4v) is 7.38. The molecule has 0 aliphatic rings. The summed E-state index contributed by atoms with van der Waals surface area (Å²) in [7, 11) is -4.54. The highest BCUT2D eigenvalue weighted by molar-refractivity contribution is 8.00. The third-order valence-corrected chi connectivity index (χ3v) is 10.2. The molecular formula is C38H47NO5S2. The van der Waals surface area contributed by atoms with Gasteiger partial charge in [-0.2, -0.15) is 8.42 Å². The van der Waals surface area contributed by atoms with Gasteiger partial charge in [-0.3, -0.25) is 4.55 Å². The highest BCUT2D eigenvalue weighted by Crippen LogP contribution is 2.39. The maximum Gasteiger partial charge on any atom is 0.295 e. The first-order valence-corrected chi connectivity index (χ1v) is 18.7. The average Bonchev–Trinajstić information content (AvgIpc) is 3.05. The first kappa shape index (κ1) is 35.6. The second-order valence-electron chi connectivity index (χ2n) is 11.7. The number of aryl methyl sites for hydroxylation is 1. The molecule has 0 heterocycles. The smallest absolute Gasteiger partial charge is 0.295 e. The first-order valence-electron chi connectivity index (χ1n) is 16.4. The molecule has 0 saturated heterocycles. The van der Waals surface area contributed by atoms with Crippen LogP contribution >= 0.6 is 11.8 Å². The van der Waals surface area contributed by atoms with E-state index >= 15 is 0 Å². The van der Waals surface area contributed by atoms with E-state index in [9.17, 15) is 18.1 Å². The molecule has 0 aromatic heterocycles. The van der Waals surface area contributed by atoms with Crippen molar-refractivity contribution in [2.24, 2.45) is 5.73 Å². The lowest BCUT2D eigenvalue weighted by Crippen LogP contribution is -2.14. The fourth-order valence-electron chi connectivity index (χ4n) is 5.52. The third kappa shape index (κ3) is 10.1. The number of aromatic hydroxyl groups is 1. The molecule has 0 saturated carbocycles. The minimum atomic E-state index is -4.54. The summed E-state index contributed by atoms with van der Waals surface area (Å²) in [5.74, 6) is 0.878. The molecule has 6 nitrogen and oxygen atoms in total. The Morgan fingerprint density at radius 3 is 2.20 bits per heavy atom. The number of unbranched alkanes of at least 4 members (excludes halogenated alkanes) is 7. The van der Waals surface area contributed by atoms with Crippen LogP contribution in [0.15, 0.2) is 99.6 Å². The Kier molecular flexibility index (Phi) is 13.6. The Hall–Kier alpha value is -3.30. The summed E-state index contributed by atoms with van der Waals surface area (Å²) in [5.41, 5.74) is 10.6. The van der Waals surface area contributed by atoms with E-state index in [1.165, 1.54) is 56.4 Å². The molecule has 0 aliphatic heterocycles. The third-order valence-electron chi connectivity index (χ3n) is 8.14. The molecule has 4 rings (SSSR count). The largest absolute Gasteiger partial charge is 0.508 e. The fraction of sp³-hybridized carbons (Fsp3) is 0.368. The summed E-state index contributed by atoms with van der Waals surface area (Å²) in [6, 6.07) is 25.0. The first-order chi connectivity index (χ1) is 22.2. The lowest BCUT2D eigenvalue weighted by atomic mass is 9.90. The maximum atomic E-state index is 12.6. The lowest BCUT2D eigenvalue weighted by molar-refractivity contribution is 0.309. The van der Waals surface area contributed by atoms with Crippen molar-refractivity contribution >= 4 is 21.9 Å². The summed E-state index contributed by atoms with van der Waals surface area (Å²) in [5, 5.41) is 10.8. The zero-order valence-corrected chi connectivity index (χ0v) is 28.6. The van der Waals surface area contributed by atoms with E-state index in [4.69, 9.17) is 10.5 Å². The Morgan fingerprint density at radius 1 is 0.783 bits per heavy atom. The van der Waals surface area contributed by atoms with E-state index in [0.717, 1.165) is 53.0 Å². The summed E-state index contributed by atoms with van der Waals surface area (Å²) >= 11 is 1.25. The van der Waals surface area contributed by atoms with Gasteiger partial charge in [0.25, 0.3) is 10.1 Å². The number of benzene rings is 4. The van der Waals surface area contributed by atoms with Gasteiger partial charge in [-0.05, 0) is 84.0 Å². The molecule has 246 valence electrons. The topological polar surface area (TPSA) is 110 Å². The Bertz CT molecular complexity index is 1650. The van der Waals surface area contributed by atoms with Crippen LogP contribution < -0.4 is 10.5 Å². The molecule has 0 amide bonds. The Labute approximate surface area is 279 Å². The van der Waals surface area contributed by atoms with E-state index in [2.05, 4.69) is 13.8 Å². The second-order valence-corrected chi connectivity index (χ2v) is 14.2. The van der Waals surface area contributed by atoms with Crippen LogP contribution in [0.3, 0.4) is 0 Å². The van der Waals surface area contributed by atoms with E-state index < -0.39 is 16.2 Å². The summed E-state index contributed by atoms with van der Waals surface area (Å²) < 4.78 is 41.1. The molecular weight excluding hydrogens is 615 g/mol. The van der Waals surface area contributed by atoms with Crippen LogP contribution in [-0.4, -0.2) is 24.7 Å².